The molecule has 0 amide bonds. The molecule has 0 fully saturated rings. The minimum Gasteiger partial charge on any atom is -0.464 e. The lowest BCUT2D eigenvalue weighted by Crippen LogP contribution is -2.10. The average molecular weight is 281 g/mol. The van der Waals surface area contributed by atoms with Crippen molar-refractivity contribution >= 4 is 21.9 Å². The normalized spacial score (nSPS) is 13.0. The molecule has 0 aliphatic rings. The quantitative estimate of drug-likeness (QED) is 0.593. The van der Waals surface area contributed by atoms with Gasteiger partial charge in [-0.1, -0.05) is 18.2 Å². The van der Waals surface area contributed by atoms with Crippen LogP contribution in [0.25, 0.3) is 21.9 Å². The standard InChI is InChI=1S/C17H12FNO2/c18-11-5-6-14-10(7-11)8-16(21-14)17(19)13-9-20-15-4-2-1-3-12(13)15/h1-9,17H,19H2. The van der Waals surface area contributed by atoms with E-state index in [-0.39, 0.29) is 5.82 Å². The molecule has 2 aromatic heterocycles. The zero-order valence-electron chi connectivity index (χ0n) is 11.0. The molecule has 0 radical (unpaired) electrons. The molecule has 0 aliphatic carbocycles. The van der Waals surface area contributed by atoms with Crippen molar-refractivity contribution in [3.63, 3.8) is 0 Å². The van der Waals surface area contributed by atoms with Gasteiger partial charge < -0.3 is 14.6 Å². The van der Waals surface area contributed by atoms with Gasteiger partial charge in [-0.3, -0.25) is 0 Å². The van der Waals surface area contributed by atoms with E-state index in [0.717, 1.165) is 16.5 Å². The number of furan rings is 2. The zero-order valence-corrected chi connectivity index (χ0v) is 11.0. The Bertz CT molecular complexity index is 938. The third-order valence-electron chi connectivity index (χ3n) is 3.65. The van der Waals surface area contributed by atoms with Crippen LogP contribution in [0.4, 0.5) is 4.39 Å². The Morgan fingerprint density at radius 1 is 1.00 bits per heavy atom. The Morgan fingerprint density at radius 2 is 1.86 bits per heavy atom. The van der Waals surface area contributed by atoms with E-state index in [1.54, 1.807) is 18.4 Å². The van der Waals surface area contributed by atoms with E-state index >= 15 is 0 Å². The van der Waals surface area contributed by atoms with Crippen LogP contribution in [0.2, 0.25) is 0 Å². The highest BCUT2D eigenvalue weighted by Gasteiger charge is 2.19. The molecule has 1 atom stereocenters. The molecule has 4 heteroatoms. The van der Waals surface area contributed by atoms with Crippen LogP contribution in [-0.4, -0.2) is 0 Å². The van der Waals surface area contributed by atoms with Crippen molar-refractivity contribution in [1.82, 2.24) is 0 Å². The number of nitrogens with two attached hydrogens (primary N) is 1. The highest BCUT2D eigenvalue weighted by atomic mass is 19.1. The smallest absolute Gasteiger partial charge is 0.134 e. The van der Waals surface area contributed by atoms with Crippen LogP contribution in [0.1, 0.15) is 17.4 Å². The van der Waals surface area contributed by atoms with Gasteiger partial charge in [0, 0.05) is 16.3 Å². The second-order valence-corrected chi connectivity index (χ2v) is 5.00. The van der Waals surface area contributed by atoms with E-state index in [4.69, 9.17) is 14.6 Å². The molecule has 4 rings (SSSR count). The Hall–Kier alpha value is -2.59. The van der Waals surface area contributed by atoms with Crippen molar-refractivity contribution in [2.24, 2.45) is 5.73 Å². The van der Waals surface area contributed by atoms with Crippen molar-refractivity contribution < 1.29 is 13.2 Å². The van der Waals surface area contributed by atoms with Crippen LogP contribution < -0.4 is 5.73 Å². The van der Waals surface area contributed by atoms with E-state index in [1.165, 1.54) is 12.1 Å². The molecule has 4 aromatic rings. The fourth-order valence-electron chi connectivity index (χ4n) is 2.58. The number of hydrogen-bond donors (Lipinski definition) is 1. The van der Waals surface area contributed by atoms with Gasteiger partial charge in [0.05, 0.1) is 12.3 Å². The van der Waals surface area contributed by atoms with Crippen molar-refractivity contribution in [3.05, 3.63) is 71.9 Å². The van der Waals surface area contributed by atoms with Gasteiger partial charge in [-0.25, -0.2) is 4.39 Å². The number of para-hydroxylation sites is 1. The zero-order chi connectivity index (χ0) is 14.4. The summed E-state index contributed by atoms with van der Waals surface area (Å²) in [5.41, 5.74) is 8.54. The van der Waals surface area contributed by atoms with E-state index in [9.17, 15) is 4.39 Å². The lowest BCUT2D eigenvalue weighted by atomic mass is 10.0. The van der Waals surface area contributed by atoms with Gasteiger partial charge in [-0.2, -0.15) is 0 Å². The molecule has 2 heterocycles. The molecular weight excluding hydrogens is 269 g/mol. The van der Waals surface area contributed by atoms with E-state index in [1.807, 2.05) is 24.3 Å². The second-order valence-electron chi connectivity index (χ2n) is 5.00. The van der Waals surface area contributed by atoms with Crippen molar-refractivity contribution in [2.75, 3.05) is 0 Å². The Balaban J connectivity index is 1.83. The fourth-order valence-corrected chi connectivity index (χ4v) is 2.58. The number of halogens is 1. The molecule has 21 heavy (non-hydrogen) atoms. The maximum absolute atomic E-state index is 13.2. The highest BCUT2D eigenvalue weighted by Crippen LogP contribution is 2.32. The second kappa shape index (κ2) is 4.46. The molecule has 0 aliphatic heterocycles. The molecule has 0 bridgehead atoms. The molecule has 0 saturated carbocycles. The van der Waals surface area contributed by atoms with Gasteiger partial charge >= 0.3 is 0 Å². The van der Waals surface area contributed by atoms with Gasteiger partial charge in [-0.15, -0.1) is 0 Å². The van der Waals surface area contributed by atoms with E-state index in [0.29, 0.717) is 16.7 Å². The molecule has 0 spiro atoms. The van der Waals surface area contributed by atoms with E-state index < -0.39 is 6.04 Å². The largest absolute Gasteiger partial charge is 0.464 e. The Morgan fingerprint density at radius 3 is 2.76 bits per heavy atom. The Kier molecular flexibility index (Phi) is 2.59. The monoisotopic (exact) mass is 281 g/mol. The fraction of sp³-hybridized carbons (Fsp3) is 0.0588. The summed E-state index contributed by atoms with van der Waals surface area (Å²) in [4.78, 5) is 0. The summed E-state index contributed by atoms with van der Waals surface area (Å²) in [6.07, 6.45) is 1.64. The molecule has 3 nitrogen and oxygen atoms in total. The van der Waals surface area contributed by atoms with Gasteiger partial charge in [0.2, 0.25) is 0 Å². The van der Waals surface area contributed by atoms with Crippen LogP contribution in [-0.2, 0) is 0 Å². The molecule has 1 unspecified atom stereocenters. The predicted molar refractivity (Wildman–Crippen MR) is 78.4 cm³/mol. The third kappa shape index (κ3) is 1.92. The van der Waals surface area contributed by atoms with Crippen molar-refractivity contribution in [3.8, 4) is 0 Å². The highest BCUT2D eigenvalue weighted by molar-refractivity contribution is 5.82. The van der Waals surface area contributed by atoms with Crippen LogP contribution in [0.15, 0.2) is 63.6 Å². The lowest BCUT2D eigenvalue weighted by molar-refractivity contribution is 0.520. The predicted octanol–water partition coefficient (Wildman–Crippen LogP) is 4.37. The summed E-state index contributed by atoms with van der Waals surface area (Å²) in [6.45, 7) is 0. The number of fused-ring (bicyclic) bond motifs is 2. The molecular formula is C17H12FNO2. The molecule has 2 aromatic carbocycles. The van der Waals surface area contributed by atoms with Crippen LogP contribution in [0.5, 0.6) is 0 Å². The van der Waals surface area contributed by atoms with Crippen LogP contribution in [0.3, 0.4) is 0 Å². The minimum atomic E-state index is -0.455. The van der Waals surface area contributed by atoms with Gasteiger partial charge in [-0.05, 0) is 30.3 Å². The first-order chi connectivity index (χ1) is 10.2. The molecule has 104 valence electrons. The Labute approximate surface area is 119 Å². The maximum Gasteiger partial charge on any atom is 0.134 e. The SMILES string of the molecule is NC(c1cc2cc(F)ccc2o1)c1coc2ccccc12. The average Bonchev–Trinajstić information content (AvgIpc) is 3.09. The number of hydrogen-bond acceptors (Lipinski definition) is 3. The van der Waals surface area contributed by atoms with E-state index in [2.05, 4.69) is 0 Å². The maximum atomic E-state index is 13.2. The molecule has 2 N–H and O–H groups in total. The summed E-state index contributed by atoms with van der Waals surface area (Å²) >= 11 is 0. The number of benzene rings is 2. The van der Waals surface area contributed by atoms with Gasteiger partial charge in [0.1, 0.15) is 22.7 Å². The number of rotatable bonds is 2. The summed E-state index contributed by atoms with van der Waals surface area (Å²) < 4.78 is 24.5. The van der Waals surface area contributed by atoms with Crippen molar-refractivity contribution in [2.45, 2.75) is 6.04 Å². The summed E-state index contributed by atoms with van der Waals surface area (Å²) in [7, 11) is 0. The van der Waals surface area contributed by atoms with Crippen molar-refractivity contribution in [1.29, 1.82) is 0 Å². The first kappa shape index (κ1) is 12.2. The third-order valence-corrected chi connectivity index (χ3v) is 3.65. The first-order valence-corrected chi connectivity index (χ1v) is 6.63. The van der Waals surface area contributed by atoms with Crippen LogP contribution >= 0.6 is 0 Å². The summed E-state index contributed by atoms with van der Waals surface area (Å²) in [5.74, 6) is 0.291. The minimum absolute atomic E-state index is 0.294. The first-order valence-electron chi connectivity index (χ1n) is 6.63. The van der Waals surface area contributed by atoms with Gasteiger partial charge in [0.15, 0.2) is 0 Å². The van der Waals surface area contributed by atoms with Gasteiger partial charge in [0.25, 0.3) is 0 Å². The summed E-state index contributed by atoms with van der Waals surface area (Å²) in [5, 5.41) is 1.66. The summed E-state index contributed by atoms with van der Waals surface area (Å²) in [6, 6.07) is 13.4. The van der Waals surface area contributed by atoms with Crippen LogP contribution in [0, 0.1) is 5.82 Å². The molecule has 0 saturated heterocycles. The topological polar surface area (TPSA) is 52.3 Å². The lowest BCUT2D eigenvalue weighted by Gasteiger charge is -2.06.